The third-order valence-corrected chi connectivity index (χ3v) is 2.67. The molecule has 1 aliphatic rings. The van der Waals surface area contributed by atoms with Gasteiger partial charge in [-0.15, -0.1) is 0 Å². The predicted octanol–water partition coefficient (Wildman–Crippen LogP) is 1.18. The highest BCUT2D eigenvalue weighted by atomic mass is 19.4. The Hall–Kier alpha value is -1.15. The molecule has 1 aromatic heterocycles. The van der Waals surface area contributed by atoms with Crippen LogP contribution in [0.15, 0.2) is 4.52 Å². The van der Waals surface area contributed by atoms with Crippen LogP contribution in [0.4, 0.5) is 13.2 Å². The minimum Gasteiger partial charge on any atom is -0.329 e. The highest BCUT2D eigenvalue weighted by Crippen LogP contribution is 2.28. The number of alkyl halides is 3. The lowest BCUT2D eigenvalue weighted by molar-refractivity contribution is -0.159. The summed E-state index contributed by atoms with van der Waals surface area (Å²) in [6.45, 7) is 2.28. The second kappa shape index (κ2) is 4.61. The fraction of sp³-hybridized carbons (Fsp3) is 0.778. The molecule has 0 amide bonds. The fourth-order valence-electron chi connectivity index (χ4n) is 1.83. The van der Waals surface area contributed by atoms with Crippen molar-refractivity contribution in [2.24, 2.45) is 5.73 Å². The molecule has 1 atom stereocenters. The molecule has 0 radical (unpaired) electrons. The van der Waals surface area contributed by atoms with Crippen molar-refractivity contribution in [2.75, 3.05) is 19.6 Å². The van der Waals surface area contributed by atoms with Crippen LogP contribution in [0.1, 0.15) is 30.6 Å². The predicted molar refractivity (Wildman–Crippen MR) is 51.9 cm³/mol. The highest BCUT2D eigenvalue weighted by Gasteiger charge is 2.39. The molecule has 0 aliphatic carbocycles. The molecule has 17 heavy (non-hydrogen) atoms. The fourth-order valence-corrected chi connectivity index (χ4v) is 1.83. The Labute approximate surface area is 95.8 Å². The zero-order chi connectivity index (χ0) is 12.5. The number of halogens is 3. The van der Waals surface area contributed by atoms with E-state index in [-0.39, 0.29) is 5.82 Å². The maximum absolute atomic E-state index is 12.2. The Bertz CT molecular complexity index is 373. The van der Waals surface area contributed by atoms with Crippen LogP contribution in [0, 0.1) is 0 Å². The molecule has 0 saturated carbocycles. The first-order valence-corrected chi connectivity index (χ1v) is 5.35. The zero-order valence-electron chi connectivity index (χ0n) is 9.07. The van der Waals surface area contributed by atoms with Crippen LogP contribution in [-0.4, -0.2) is 34.7 Å². The number of nitrogens with two attached hydrogens (primary N) is 1. The van der Waals surface area contributed by atoms with Gasteiger partial charge in [-0.25, -0.2) is 0 Å². The Morgan fingerprint density at radius 3 is 2.53 bits per heavy atom. The first-order valence-electron chi connectivity index (χ1n) is 5.35. The summed E-state index contributed by atoms with van der Waals surface area (Å²) in [6.07, 6.45) is -2.43. The van der Waals surface area contributed by atoms with E-state index in [9.17, 15) is 13.2 Å². The van der Waals surface area contributed by atoms with E-state index in [1.807, 2.05) is 0 Å². The summed E-state index contributed by atoms with van der Waals surface area (Å²) >= 11 is 0. The number of likely N-dealkylation sites (tertiary alicyclic amines) is 1. The first-order chi connectivity index (χ1) is 7.97. The van der Waals surface area contributed by atoms with Crippen LogP contribution in [0.3, 0.4) is 0 Å². The molecule has 2 N–H and O–H groups in total. The quantitative estimate of drug-likeness (QED) is 0.872. The molecule has 8 heteroatoms. The monoisotopic (exact) mass is 250 g/mol. The average molecular weight is 250 g/mol. The van der Waals surface area contributed by atoms with E-state index in [4.69, 9.17) is 5.73 Å². The molecule has 0 aromatic carbocycles. The van der Waals surface area contributed by atoms with Crippen molar-refractivity contribution in [3.8, 4) is 0 Å². The summed E-state index contributed by atoms with van der Waals surface area (Å²) in [5.41, 5.74) is 5.74. The summed E-state index contributed by atoms with van der Waals surface area (Å²) in [5.74, 6) is -1.44. The largest absolute Gasteiger partial charge is 0.471 e. The average Bonchev–Trinajstić information content (AvgIpc) is 2.85. The number of aromatic nitrogens is 2. The Kier molecular flexibility index (Phi) is 3.34. The second-order valence-corrected chi connectivity index (χ2v) is 4.07. The number of hydrogen-bond acceptors (Lipinski definition) is 5. The third kappa shape index (κ3) is 2.95. The maximum Gasteiger partial charge on any atom is 0.471 e. The van der Waals surface area contributed by atoms with Gasteiger partial charge < -0.3 is 15.2 Å². The summed E-state index contributed by atoms with van der Waals surface area (Å²) < 4.78 is 40.8. The van der Waals surface area contributed by atoms with Gasteiger partial charge in [0.15, 0.2) is 5.82 Å². The van der Waals surface area contributed by atoms with Crippen LogP contribution in [0.25, 0.3) is 0 Å². The van der Waals surface area contributed by atoms with Gasteiger partial charge in [-0.2, -0.15) is 18.2 Å². The maximum atomic E-state index is 12.2. The summed E-state index contributed by atoms with van der Waals surface area (Å²) in [5, 5.41) is 3.27. The van der Waals surface area contributed by atoms with E-state index in [1.54, 1.807) is 0 Å². The van der Waals surface area contributed by atoms with Crippen LogP contribution < -0.4 is 5.73 Å². The van der Waals surface area contributed by atoms with E-state index in [0.29, 0.717) is 6.54 Å². The lowest BCUT2D eigenvalue weighted by Gasteiger charge is -2.17. The highest BCUT2D eigenvalue weighted by molar-refractivity contribution is 4.96. The van der Waals surface area contributed by atoms with Crippen molar-refractivity contribution in [3.63, 3.8) is 0 Å². The standard InChI is InChI=1S/C9H13F3N4O/c10-9(11,12)8-14-7(15-17-8)6(13)5-16-3-1-2-4-16/h6H,1-5,13H2. The molecule has 0 bridgehead atoms. The molecule has 1 saturated heterocycles. The molecule has 1 unspecified atom stereocenters. The van der Waals surface area contributed by atoms with E-state index >= 15 is 0 Å². The molecule has 1 fully saturated rings. The normalized spacial score (nSPS) is 19.8. The third-order valence-electron chi connectivity index (χ3n) is 2.67. The molecule has 5 nitrogen and oxygen atoms in total. The van der Waals surface area contributed by atoms with Gasteiger partial charge in [-0.3, -0.25) is 0 Å². The molecular weight excluding hydrogens is 237 g/mol. The van der Waals surface area contributed by atoms with Gasteiger partial charge in [0.2, 0.25) is 0 Å². The molecular formula is C9H13F3N4O. The van der Waals surface area contributed by atoms with Gasteiger partial charge in [-0.1, -0.05) is 5.16 Å². The van der Waals surface area contributed by atoms with E-state index in [0.717, 1.165) is 25.9 Å². The van der Waals surface area contributed by atoms with Crippen molar-refractivity contribution >= 4 is 0 Å². The zero-order valence-corrected chi connectivity index (χ0v) is 9.07. The van der Waals surface area contributed by atoms with Crippen molar-refractivity contribution in [2.45, 2.75) is 25.1 Å². The minimum absolute atomic E-state index is 0.0933. The molecule has 1 aliphatic heterocycles. The van der Waals surface area contributed by atoms with Crippen LogP contribution >= 0.6 is 0 Å². The van der Waals surface area contributed by atoms with Crippen LogP contribution in [-0.2, 0) is 6.18 Å². The summed E-state index contributed by atoms with van der Waals surface area (Å²) in [6, 6.07) is -0.645. The smallest absolute Gasteiger partial charge is 0.329 e. The molecule has 96 valence electrons. The van der Waals surface area contributed by atoms with Crippen molar-refractivity contribution in [1.82, 2.24) is 15.0 Å². The van der Waals surface area contributed by atoms with Gasteiger partial charge in [0.1, 0.15) is 0 Å². The number of nitrogens with zero attached hydrogens (tertiary/aromatic N) is 3. The number of hydrogen-bond donors (Lipinski definition) is 1. The van der Waals surface area contributed by atoms with E-state index in [2.05, 4.69) is 19.6 Å². The van der Waals surface area contributed by atoms with Gasteiger partial charge in [0.05, 0.1) is 6.04 Å². The van der Waals surface area contributed by atoms with Gasteiger partial charge >= 0.3 is 12.1 Å². The Morgan fingerprint density at radius 2 is 2.00 bits per heavy atom. The minimum atomic E-state index is -4.61. The summed E-state index contributed by atoms with van der Waals surface area (Å²) in [4.78, 5) is 5.35. The lowest BCUT2D eigenvalue weighted by Crippen LogP contribution is -2.30. The Morgan fingerprint density at radius 1 is 1.35 bits per heavy atom. The SMILES string of the molecule is NC(CN1CCCC1)c1noc(C(F)(F)F)n1. The first kappa shape index (κ1) is 12.3. The topological polar surface area (TPSA) is 68.2 Å². The van der Waals surface area contributed by atoms with Crippen molar-refractivity contribution in [1.29, 1.82) is 0 Å². The molecule has 1 aromatic rings. The van der Waals surface area contributed by atoms with Gasteiger partial charge in [-0.05, 0) is 25.9 Å². The summed E-state index contributed by atoms with van der Waals surface area (Å²) in [7, 11) is 0. The van der Waals surface area contributed by atoms with E-state index < -0.39 is 18.1 Å². The second-order valence-electron chi connectivity index (χ2n) is 4.07. The van der Waals surface area contributed by atoms with Gasteiger partial charge in [0.25, 0.3) is 0 Å². The van der Waals surface area contributed by atoms with Gasteiger partial charge in [0, 0.05) is 6.54 Å². The van der Waals surface area contributed by atoms with E-state index in [1.165, 1.54) is 0 Å². The molecule has 0 spiro atoms. The molecule has 2 rings (SSSR count). The van der Waals surface area contributed by atoms with Crippen LogP contribution in [0.2, 0.25) is 0 Å². The lowest BCUT2D eigenvalue weighted by atomic mass is 10.3. The van der Waals surface area contributed by atoms with Crippen molar-refractivity contribution in [3.05, 3.63) is 11.7 Å². The van der Waals surface area contributed by atoms with Crippen LogP contribution in [0.5, 0.6) is 0 Å². The molecule has 2 heterocycles. The van der Waals surface area contributed by atoms with Crippen molar-refractivity contribution < 1.29 is 17.7 Å². The number of rotatable bonds is 3. The Balaban J connectivity index is 1.99.